The van der Waals surface area contributed by atoms with Crippen molar-refractivity contribution in [3.05, 3.63) is 64.6 Å². The van der Waals surface area contributed by atoms with E-state index in [1.165, 1.54) is 6.92 Å². The first-order valence-corrected chi connectivity index (χ1v) is 13.8. The maximum Gasteiger partial charge on any atom is 0.323 e. The number of amides is 1. The Morgan fingerprint density at radius 3 is 2.56 bits per heavy atom. The summed E-state index contributed by atoms with van der Waals surface area (Å²) in [5.41, 5.74) is 8.97. The molecule has 0 bridgehead atoms. The predicted octanol–water partition coefficient (Wildman–Crippen LogP) is 4.18. The molecule has 12 heteroatoms. The Hall–Kier alpha value is -3.96. The first kappa shape index (κ1) is 31.6. The largest absolute Gasteiger partial charge is 0.463 e. The van der Waals surface area contributed by atoms with E-state index in [0.717, 1.165) is 5.56 Å². The van der Waals surface area contributed by atoms with Crippen LogP contribution in [0.15, 0.2) is 42.7 Å². The smallest absolute Gasteiger partial charge is 0.323 e. The molecule has 1 aromatic carbocycles. The van der Waals surface area contributed by atoms with Gasteiger partial charge in [-0.15, -0.1) is 0 Å². The summed E-state index contributed by atoms with van der Waals surface area (Å²) in [7, 11) is 0. The van der Waals surface area contributed by atoms with Crippen molar-refractivity contribution in [2.24, 2.45) is 11.7 Å². The fourth-order valence-corrected chi connectivity index (χ4v) is 4.04. The maximum absolute atomic E-state index is 13.1. The van der Waals surface area contributed by atoms with E-state index < -0.39 is 29.9 Å². The predicted molar refractivity (Wildman–Crippen MR) is 156 cm³/mol. The van der Waals surface area contributed by atoms with Crippen molar-refractivity contribution in [2.45, 2.75) is 59.2 Å². The number of esters is 2. The number of nitrogens with one attached hydrogen (secondary N) is 3. The van der Waals surface area contributed by atoms with Crippen LogP contribution in [0.25, 0.3) is 11.3 Å². The molecule has 41 heavy (non-hydrogen) atoms. The van der Waals surface area contributed by atoms with Gasteiger partial charge < -0.3 is 30.8 Å². The van der Waals surface area contributed by atoms with Gasteiger partial charge in [-0.25, -0.2) is 9.97 Å². The fourth-order valence-electron chi connectivity index (χ4n) is 3.84. The molecule has 0 aliphatic carbocycles. The second-order valence-electron chi connectivity index (χ2n) is 10.1. The normalized spacial score (nSPS) is 13.3. The summed E-state index contributed by atoms with van der Waals surface area (Å²) in [4.78, 5) is 48.7. The number of aryl methyl sites for hydroxylation is 1. The highest BCUT2D eigenvalue weighted by atomic mass is 35.5. The molecule has 0 radical (unpaired) electrons. The van der Waals surface area contributed by atoms with Gasteiger partial charge in [0.1, 0.15) is 24.9 Å². The van der Waals surface area contributed by atoms with E-state index in [-0.39, 0.29) is 25.2 Å². The molecule has 220 valence electrons. The molecule has 5 N–H and O–H groups in total. The Kier molecular flexibility index (Phi) is 11.2. The van der Waals surface area contributed by atoms with Crippen LogP contribution in [-0.2, 0) is 19.1 Å². The summed E-state index contributed by atoms with van der Waals surface area (Å²) in [5.74, 6) is -0.973. The van der Waals surface area contributed by atoms with E-state index in [1.54, 1.807) is 42.7 Å². The molecular formula is C29H37ClN6O5. The number of nitrogens with two attached hydrogens (primary N) is 1. The van der Waals surface area contributed by atoms with Crippen molar-refractivity contribution in [1.29, 1.82) is 0 Å². The van der Waals surface area contributed by atoms with E-state index in [2.05, 4.69) is 25.6 Å². The lowest BCUT2D eigenvalue weighted by Crippen LogP contribution is -2.39. The van der Waals surface area contributed by atoms with Gasteiger partial charge in [-0.1, -0.05) is 44.5 Å². The van der Waals surface area contributed by atoms with Crippen LogP contribution in [-0.4, -0.2) is 58.1 Å². The van der Waals surface area contributed by atoms with Crippen LogP contribution in [0, 0.1) is 12.8 Å². The highest BCUT2D eigenvalue weighted by Crippen LogP contribution is 2.24. The number of hydrogen-bond acceptors (Lipinski definition) is 9. The lowest BCUT2D eigenvalue weighted by atomic mass is 10.1. The van der Waals surface area contributed by atoms with Gasteiger partial charge in [-0.2, -0.15) is 0 Å². The zero-order valence-corrected chi connectivity index (χ0v) is 24.6. The number of aromatic amines is 1. The average Bonchev–Trinajstić information content (AvgIpc) is 3.43. The number of ether oxygens (including phenoxy) is 2. The van der Waals surface area contributed by atoms with Gasteiger partial charge in [0, 0.05) is 29.9 Å². The quantitative estimate of drug-likeness (QED) is 0.216. The van der Waals surface area contributed by atoms with Gasteiger partial charge in [0.25, 0.3) is 5.91 Å². The van der Waals surface area contributed by atoms with Gasteiger partial charge in [-0.3, -0.25) is 14.4 Å². The van der Waals surface area contributed by atoms with Crippen LogP contribution in [0.1, 0.15) is 61.8 Å². The summed E-state index contributed by atoms with van der Waals surface area (Å²) in [6, 6.07) is 7.15. The molecule has 0 saturated heterocycles. The molecule has 3 aromatic rings. The number of rotatable bonds is 13. The first-order chi connectivity index (χ1) is 19.5. The van der Waals surface area contributed by atoms with Crippen molar-refractivity contribution in [1.82, 2.24) is 20.3 Å². The minimum Gasteiger partial charge on any atom is -0.463 e. The summed E-state index contributed by atoms with van der Waals surface area (Å²) < 4.78 is 10.6. The Morgan fingerprint density at radius 2 is 1.90 bits per heavy atom. The van der Waals surface area contributed by atoms with Gasteiger partial charge >= 0.3 is 11.9 Å². The van der Waals surface area contributed by atoms with Crippen molar-refractivity contribution in [3.63, 3.8) is 0 Å². The zero-order valence-electron chi connectivity index (χ0n) is 23.9. The molecule has 1 amide bonds. The Labute approximate surface area is 244 Å². The number of halogens is 1. The Morgan fingerprint density at radius 1 is 1.15 bits per heavy atom. The lowest BCUT2D eigenvalue weighted by molar-refractivity contribution is -0.146. The summed E-state index contributed by atoms with van der Waals surface area (Å²) in [6.07, 6.45) is 4.02. The van der Waals surface area contributed by atoms with Crippen LogP contribution in [0.3, 0.4) is 0 Å². The molecule has 0 saturated carbocycles. The number of aromatic nitrogens is 3. The van der Waals surface area contributed by atoms with Crippen LogP contribution >= 0.6 is 11.6 Å². The van der Waals surface area contributed by atoms with E-state index >= 15 is 0 Å². The van der Waals surface area contributed by atoms with Crippen LogP contribution < -0.4 is 16.4 Å². The molecule has 3 atom stereocenters. The number of benzene rings is 1. The summed E-state index contributed by atoms with van der Waals surface area (Å²) in [6.45, 7) is 8.92. The van der Waals surface area contributed by atoms with Crippen molar-refractivity contribution >= 4 is 35.4 Å². The number of carbonyl (C=O) groups is 3. The van der Waals surface area contributed by atoms with Crippen molar-refractivity contribution in [2.75, 3.05) is 18.5 Å². The van der Waals surface area contributed by atoms with Crippen LogP contribution in [0.4, 0.5) is 5.95 Å². The number of H-pyrrole nitrogens is 1. The number of hydrogen-bond donors (Lipinski definition) is 4. The zero-order chi connectivity index (χ0) is 30.1. The maximum atomic E-state index is 13.1. The minimum atomic E-state index is -0.683. The van der Waals surface area contributed by atoms with Crippen LogP contribution in [0.5, 0.6) is 0 Å². The van der Waals surface area contributed by atoms with Gasteiger partial charge in [0.15, 0.2) is 0 Å². The van der Waals surface area contributed by atoms with Gasteiger partial charge in [0.05, 0.1) is 17.8 Å². The van der Waals surface area contributed by atoms with E-state index in [0.29, 0.717) is 39.9 Å². The lowest BCUT2D eigenvalue weighted by Gasteiger charge is -2.20. The molecule has 3 rings (SSSR count). The second kappa shape index (κ2) is 14.6. The second-order valence-corrected chi connectivity index (χ2v) is 10.5. The molecule has 2 heterocycles. The molecular weight excluding hydrogens is 548 g/mol. The molecule has 0 fully saturated rings. The van der Waals surface area contributed by atoms with Crippen molar-refractivity contribution < 1.29 is 23.9 Å². The van der Waals surface area contributed by atoms with Crippen LogP contribution in [0.2, 0.25) is 5.02 Å². The van der Waals surface area contributed by atoms with Crippen molar-refractivity contribution in [3.8, 4) is 11.3 Å². The third-order valence-corrected chi connectivity index (χ3v) is 6.66. The van der Waals surface area contributed by atoms with E-state index in [9.17, 15) is 14.4 Å². The molecule has 11 nitrogen and oxygen atoms in total. The Balaban J connectivity index is 1.73. The minimum absolute atomic E-state index is 0.0246. The molecule has 1 unspecified atom stereocenters. The van der Waals surface area contributed by atoms with Gasteiger partial charge in [0.2, 0.25) is 5.95 Å². The van der Waals surface area contributed by atoms with E-state index in [1.807, 2.05) is 27.7 Å². The fraction of sp³-hybridized carbons (Fsp3) is 0.414. The number of anilines is 1. The standard InChI is InChI=1S/C29H37ClN6O5/c1-6-22(14-41-28(39)25(31)16(2)3)34-29-33-12-17(4)26(36-29)20-11-23(32-13-20)27(38)35-24(15-40-18(5)37)19-8-7-9-21(30)10-19/h7-13,16,22,24-25,32H,6,14-15,31H2,1-5H3,(H,35,38)(H,33,34,36)/t22-,24-,25?/m1/s1. The number of carbonyl (C=O) groups excluding carboxylic acids is 3. The monoisotopic (exact) mass is 584 g/mol. The van der Waals surface area contributed by atoms with Gasteiger partial charge in [-0.05, 0) is 48.6 Å². The first-order valence-electron chi connectivity index (χ1n) is 13.4. The highest BCUT2D eigenvalue weighted by Gasteiger charge is 2.22. The SMILES string of the molecule is CC[C@H](COC(=O)C(N)C(C)C)Nc1ncc(C)c(-c2c[nH]c(C(=O)N[C@H](COC(C)=O)c3cccc(Cl)c3)c2)n1. The average molecular weight is 585 g/mol. The molecule has 0 spiro atoms. The topological polar surface area (TPSA) is 161 Å². The number of nitrogens with zero attached hydrogens (tertiary/aromatic N) is 2. The molecule has 2 aromatic heterocycles. The van der Waals surface area contributed by atoms with E-state index in [4.69, 9.17) is 26.8 Å². The highest BCUT2D eigenvalue weighted by molar-refractivity contribution is 6.30. The summed E-state index contributed by atoms with van der Waals surface area (Å²) in [5, 5.41) is 6.60. The summed E-state index contributed by atoms with van der Waals surface area (Å²) >= 11 is 6.13. The molecule has 0 aliphatic rings. The molecule has 0 aliphatic heterocycles. The third kappa shape index (κ3) is 9.02. The Bertz CT molecular complexity index is 1360. The third-order valence-electron chi connectivity index (χ3n) is 6.43.